The lowest BCUT2D eigenvalue weighted by molar-refractivity contribution is -0.133. The summed E-state index contributed by atoms with van der Waals surface area (Å²) in [4.78, 5) is 27.2. The van der Waals surface area contributed by atoms with E-state index in [1.807, 2.05) is 29.2 Å². The van der Waals surface area contributed by atoms with Gasteiger partial charge in [-0.15, -0.1) is 0 Å². The molecule has 2 aliphatic rings. The number of piperidine rings is 1. The second-order valence-electron chi connectivity index (χ2n) is 9.22. The molecule has 2 amide bonds. The number of likely N-dealkylation sites (tertiary alicyclic amines) is 1. The van der Waals surface area contributed by atoms with Gasteiger partial charge in [0.15, 0.2) is 0 Å². The van der Waals surface area contributed by atoms with Crippen LogP contribution in [0.2, 0.25) is 5.02 Å². The number of amides is 2. The molecule has 2 heterocycles. The quantitative estimate of drug-likeness (QED) is 0.687. The first kappa shape index (κ1) is 21.9. The van der Waals surface area contributed by atoms with Crippen molar-refractivity contribution in [2.24, 2.45) is 0 Å². The zero-order valence-electron chi connectivity index (χ0n) is 18.2. The van der Waals surface area contributed by atoms with E-state index in [9.17, 15) is 9.59 Å². The monoisotopic (exact) mass is 438 g/mol. The van der Waals surface area contributed by atoms with E-state index in [0.717, 1.165) is 44.3 Å². The van der Waals surface area contributed by atoms with Crippen LogP contribution in [0.3, 0.4) is 0 Å². The molecule has 0 unspecified atom stereocenters. The molecule has 0 aliphatic carbocycles. The van der Waals surface area contributed by atoms with Gasteiger partial charge in [0.05, 0.1) is 0 Å². The standard InChI is InChI=1S/C26H31ClN2O2/c1-19-4-2-5-21(16-19)22-6-3-15-29(18-22)25(31)12-14-26(13-11-24(30)28-26)17-20-7-9-23(27)10-8-20/h2,4-5,7-10,16,22H,3,6,11-15,17-18H2,1H3,(H,28,30)/t22-,26+/m1/s1. The lowest BCUT2D eigenvalue weighted by atomic mass is 9.84. The number of carbonyl (C=O) groups excluding carboxylic acids is 2. The number of nitrogens with zero attached hydrogens (tertiary/aromatic N) is 1. The van der Waals surface area contributed by atoms with Crippen LogP contribution < -0.4 is 5.32 Å². The van der Waals surface area contributed by atoms with Gasteiger partial charge in [0.25, 0.3) is 0 Å². The first-order chi connectivity index (χ1) is 14.9. The minimum absolute atomic E-state index is 0.0823. The van der Waals surface area contributed by atoms with E-state index in [1.165, 1.54) is 11.1 Å². The number of benzene rings is 2. The van der Waals surface area contributed by atoms with E-state index in [1.54, 1.807) is 0 Å². The molecule has 2 fully saturated rings. The molecule has 2 saturated heterocycles. The molecule has 0 saturated carbocycles. The van der Waals surface area contributed by atoms with Crippen molar-refractivity contribution in [3.63, 3.8) is 0 Å². The summed E-state index contributed by atoms with van der Waals surface area (Å²) in [6, 6.07) is 16.4. The third-order valence-electron chi connectivity index (χ3n) is 6.80. The maximum atomic E-state index is 13.1. The Kier molecular flexibility index (Phi) is 6.66. The van der Waals surface area contributed by atoms with Crippen LogP contribution in [0.15, 0.2) is 48.5 Å². The number of hydrogen-bond donors (Lipinski definition) is 1. The van der Waals surface area contributed by atoms with Gasteiger partial charge < -0.3 is 10.2 Å². The van der Waals surface area contributed by atoms with E-state index in [2.05, 4.69) is 36.5 Å². The molecule has 164 valence electrons. The summed E-state index contributed by atoms with van der Waals surface area (Å²) in [5, 5.41) is 3.89. The van der Waals surface area contributed by atoms with Crippen molar-refractivity contribution in [2.75, 3.05) is 13.1 Å². The topological polar surface area (TPSA) is 49.4 Å². The van der Waals surface area contributed by atoms with Gasteiger partial charge in [0.2, 0.25) is 11.8 Å². The normalized spacial score (nSPS) is 23.6. The van der Waals surface area contributed by atoms with Crippen LogP contribution >= 0.6 is 11.6 Å². The predicted molar refractivity (Wildman–Crippen MR) is 124 cm³/mol. The minimum Gasteiger partial charge on any atom is -0.350 e. The highest BCUT2D eigenvalue weighted by Gasteiger charge is 2.38. The molecule has 5 heteroatoms. The number of carbonyl (C=O) groups is 2. The van der Waals surface area contributed by atoms with E-state index in [4.69, 9.17) is 11.6 Å². The number of nitrogens with one attached hydrogen (secondary N) is 1. The Morgan fingerprint density at radius 1 is 1.23 bits per heavy atom. The average Bonchev–Trinajstić information content (AvgIpc) is 3.14. The van der Waals surface area contributed by atoms with Crippen LogP contribution in [0.1, 0.15) is 61.1 Å². The van der Waals surface area contributed by atoms with Crippen molar-refractivity contribution in [1.82, 2.24) is 10.2 Å². The summed E-state index contributed by atoms with van der Waals surface area (Å²) in [6.45, 7) is 3.74. The Balaban J connectivity index is 1.39. The van der Waals surface area contributed by atoms with Gasteiger partial charge in [0, 0.05) is 42.4 Å². The van der Waals surface area contributed by atoms with Gasteiger partial charge in [-0.1, -0.05) is 53.6 Å². The SMILES string of the molecule is Cc1cccc([C@@H]2CCCN(C(=O)CC[C@]3(Cc4ccc(Cl)cc4)CCC(=O)N3)C2)c1. The number of rotatable bonds is 6. The molecular formula is C26H31ClN2O2. The molecule has 2 aromatic rings. The van der Waals surface area contributed by atoms with Crippen LogP contribution in [0.25, 0.3) is 0 Å². The van der Waals surface area contributed by atoms with E-state index >= 15 is 0 Å². The molecule has 2 atom stereocenters. The molecule has 0 radical (unpaired) electrons. The van der Waals surface area contributed by atoms with E-state index < -0.39 is 0 Å². The van der Waals surface area contributed by atoms with Gasteiger partial charge >= 0.3 is 0 Å². The third kappa shape index (κ3) is 5.48. The Bertz CT molecular complexity index is 943. The minimum atomic E-state index is -0.341. The number of halogens is 1. The van der Waals surface area contributed by atoms with Crippen molar-refractivity contribution in [3.8, 4) is 0 Å². The fourth-order valence-corrected chi connectivity index (χ4v) is 5.21. The molecule has 31 heavy (non-hydrogen) atoms. The van der Waals surface area contributed by atoms with Crippen LogP contribution in [-0.4, -0.2) is 35.3 Å². The molecule has 0 spiro atoms. The van der Waals surface area contributed by atoms with Crippen LogP contribution in [0, 0.1) is 6.92 Å². The molecule has 4 nitrogen and oxygen atoms in total. The lowest BCUT2D eigenvalue weighted by Gasteiger charge is -2.35. The van der Waals surface area contributed by atoms with Crippen LogP contribution in [-0.2, 0) is 16.0 Å². The number of hydrogen-bond acceptors (Lipinski definition) is 2. The van der Waals surface area contributed by atoms with Crippen molar-refractivity contribution in [1.29, 1.82) is 0 Å². The summed E-state index contributed by atoms with van der Waals surface area (Å²) in [7, 11) is 0. The van der Waals surface area contributed by atoms with Crippen molar-refractivity contribution < 1.29 is 9.59 Å². The van der Waals surface area contributed by atoms with Gasteiger partial charge in [-0.05, 0) is 62.3 Å². The second-order valence-corrected chi connectivity index (χ2v) is 9.66. The van der Waals surface area contributed by atoms with Crippen LogP contribution in [0.4, 0.5) is 0 Å². The molecule has 1 N–H and O–H groups in total. The number of aryl methyl sites for hydroxylation is 1. The predicted octanol–water partition coefficient (Wildman–Crippen LogP) is 5.03. The molecule has 4 rings (SSSR count). The highest BCUT2D eigenvalue weighted by molar-refractivity contribution is 6.30. The Labute approximate surface area is 190 Å². The summed E-state index contributed by atoms with van der Waals surface area (Å²) in [5.74, 6) is 0.694. The van der Waals surface area contributed by atoms with Crippen molar-refractivity contribution in [2.45, 2.75) is 63.3 Å². The second kappa shape index (κ2) is 9.44. The first-order valence-electron chi connectivity index (χ1n) is 11.3. The smallest absolute Gasteiger partial charge is 0.222 e. The van der Waals surface area contributed by atoms with Gasteiger partial charge in [-0.25, -0.2) is 0 Å². The van der Waals surface area contributed by atoms with Gasteiger partial charge in [-0.3, -0.25) is 9.59 Å². The van der Waals surface area contributed by atoms with Gasteiger partial charge in [0.1, 0.15) is 0 Å². The fraction of sp³-hybridized carbons (Fsp3) is 0.462. The molecule has 0 aromatic heterocycles. The molecule has 0 bridgehead atoms. The zero-order chi connectivity index (χ0) is 21.8. The van der Waals surface area contributed by atoms with Crippen LogP contribution in [0.5, 0.6) is 0 Å². The zero-order valence-corrected chi connectivity index (χ0v) is 19.0. The molecule has 2 aromatic carbocycles. The Morgan fingerprint density at radius 2 is 2.03 bits per heavy atom. The third-order valence-corrected chi connectivity index (χ3v) is 7.05. The maximum absolute atomic E-state index is 13.1. The Hall–Kier alpha value is -2.33. The Morgan fingerprint density at radius 3 is 2.74 bits per heavy atom. The van der Waals surface area contributed by atoms with E-state index in [0.29, 0.717) is 30.2 Å². The average molecular weight is 439 g/mol. The summed E-state index contributed by atoms with van der Waals surface area (Å²) in [5.41, 5.74) is 3.39. The molecular weight excluding hydrogens is 408 g/mol. The molecule has 2 aliphatic heterocycles. The largest absolute Gasteiger partial charge is 0.350 e. The van der Waals surface area contributed by atoms with Gasteiger partial charge in [-0.2, -0.15) is 0 Å². The summed E-state index contributed by atoms with van der Waals surface area (Å²) in [6.07, 6.45) is 5.34. The van der Waals surface area contributed by atoms with E-state index in [-0.39, 0.29) is 17.4 Å². The highest BCUT2D eigenvalue weighted by Crippen LogP contribution is 2.32. The fourth-order valence-electron chi connectivity index (χ4n) is 5.08. The lowest BCUT2D eigenvalue weighted by Crippen LogP contribution is -2.45. The first-order valence-corrected chi connectivity index (χ1v) is 11.7. The van der Waals surface area contributed by atoms with Crippen molar-refractivity contribution in [3.05, 3.63) is 70.2 Å². The van der Waals surface area contributed by atoms with Crippen molar-refractivity contribution >= 4 is 23.4 Å². The maximum Gasteiger partial charge on any atom is 0.222 e. The summed E-state index contributed by atoms with van der Waals surface area (Å²) < 4.78 is 0. The highest BCUT2D eigenvalue weighted by atomic mass is 35.5. The summed E-state index contributed by atoms with van der Waals surface area (Å²) >= 11 is 6.02.